The summed E-state index contributed by atoms with van der Waals surface area (Å²) in [5.41, 5.74) is 0.924. The Hall–Kier alpha value is -0.940. The van der Waals surface area contributed by atoms with E-state index in [9.17, 15) is 10.1 Å². The second-order valence-corrected chi connectivity index (χ2v) is 4.60. The van der Waals surface area contributed by atoms with Crippen molar-refractivity contribution in [1.82, 2.24) is 5.32 Å². The van der Waals surface area contributed by atoms with E-state index in [1.54, 1.807) is 12.1 Å². The van der Waals surface area contributed by atoms with E-state index in [0.717, 1.165) is 10.0 Å². The predicted octanol–water partition coefficient (Wildman–Crippen LogP) is 2.61. The van der Waals surface area contributed by atoms with Crippen molar-refractivity contribution in [2.45, 2.75) is 25.4 Å². The monoisotopic (exact) mass is 270 g/mol. The highest BCUT2D eigenvalue weighted by Crippen LogP contribution is 2.25. The second kappa shape index (κ2) is 4.28. The molecule has 0 aromatic heterocycles. The van der Waals surface area contributed by atoms with Crippen molar-refractivity contribution in [2.75, 3.05) is 0 Å². The molecule has 1 aliphatic rings. The Balaban J connectivity index is 2.15. The quantitative estimate of drug-likeness (QED) is 0.676. The summed E-state index contributed by atoms with van der Waals surface area (Å²) in [6, 6.07) is 5.73. The van der Waals surface area contributed by atoms with E-state index < -0.39 is 0 Å². The number of halogens is 1. The summed E-state index contributed by atoms with van der Waals surface area (Å²) >= 11 is 3.23. The van der Waals surface area contributed by atoms with Crippen LogP contribution in [0.15, 0.2) is 22.7 Å². The third-order valence-electron chi connectivity index (χ3n) is 2.40. The Morgan fingerprint density at radius 1 is 1.53 bits per heavy atom. The standard InChI is InChI=1S/C10H11BrN2O2/c11-8-2-1-7(6-12-9-3-4-9)10(5-8)13(14)15/h1-2,5,9,12H,3-4,6H2. The number of rotatable bonds is 4. The Kier molecular flexibility index (Phi) is 3.02. The maximum Gasteiger partial charge on any atom is 0.275 e. The molecule has 0 spiro atoms. The average molecular weight is 271 g/mol. The number of benzene rings is 1. The van der Waals surface area contributed by atoms with Crippen LogP contribution in [-0.4, -0.2) is 11.0 Å². The minimum atomic E-state index is -0.339. The second-order valence-electron chi connectivity index (χ2n) is 3.69. The lowest BCUT2D eigenvalue weighted by Gasteiger charge is -2.04. The zero-order valence-corrected chi connectivity index (χ0v) is 9.66. The van der Waals surface area contributed by atoms with Crippen molar-refractivity contribution in [3.05, 3.63) is 38.3 Å². The van der Waals surface area contributed by atoms with Gasteiger partial charge in [-0.2, -0.15) is 0 Å². The van der Waals surface area contributed by atoms with Crippen LogP contribution in [0.5, 0.6) is 0 Å². The SMILES string of the molecule is O=[N+]([O-])c1cc(Br)ccc1CNC1CC1. The van der Waals surface area contributed by atoms with Crippen LogP contribution >= 0.6 is 15.9 Å². The van der Waals surface area contributed by atoms with Crippen LogP contribution in [0.1, 0.15) is 18.4 Å². The molecule has 0 saturated heterocycles. The molecule has 0 aliphatic heterocycles. The van der Waals surface area contributed by atoms with Crippen molar-refractivity contribution in [1.29, 1.82) is 0 Å². The first-order chi connectivity index (χ1) is 7.16. The van der Waals surface area contributed by atoms with E-state index in [0.29, 0.717) is 12.6 Å². The summed E-state index contributed by atoms with van der Waals surface area (Å²) in [6.45, 7) is 0.578. The van der Waals surface area contributed by atoms with Gasteiger partial charge in [0.05, 0.1) is 4.92 Å². The van der Waals surface area contributed by atoms with Gasteiger partial charge in [-0.15, -0.1) is 0 Å². The molecule has 1 aromatic rings. The van der Waals surface area contributed by atoms with Gasteiger partial charge in [0, 0.05) is 28.7 Å². The lowest BCUT2D eigenvalue weighted by atomic mass is 10.2. The molecule has 15 heavy (non-hydrogen) atoms. The average Bonchev–Trinajstić information content (AvgIpc) is 2.99. The Bertz CT molecular complexity index is 391. The first-order valence-electron chi connectivity index (χ1n) is 4.83. The highest BCUT2D eigenvalue weighted by Gasteiger charge is 2.22. The summed E-state index contributed by atoms with van der Waals surface area (Å²) < 4.78 is 0.740. The summed E-state index contributed by atoms with van der Waals surface area (Å²) in [5, 5.41) is 14.1. The number of nitrogens with zero attached hydrogens (tertiary/aromatic N) is 1. The highest BCUT2D eigenvalue weighted by atomic mass is 79.9. The van der Waals surface area contributed by atoms with Gasteiger partial charge >= 0.3 is 0 Å². The minimum absolute atomic E-state index is 0.178. The molecule has 0 atom stereocenters. The first kappa shape index (κ1) is 10.6. The number of hydrogen-bond donors (Lipinski definition) is 1. The van der Waals surface area contributed by atoms with Crippen LogP contribution in [0.3, 0.4) is 0 Å². The van der Waals surface area contributed by atoms with Gasteiger partial charge in [0.1, 0.15) is 0 Å². The summed E-state index contributed by atoms with van der Waals surface area (Å²) in [5.74, 6) is 0. The van der Waals surface area contributed by atoms with Crippen LogP contribution < -0.4 is 5.32 Å². The number of hydrogen-bond acceptors (Lipinski definition) is 3. The minimum Gasteiger partial charge on any atom is -0.310 e. The third-order valence-corrected chi connectivity index (χ3v) is 2.90. The molecule has 5 heteroatoms. The van der Waals surface area contributed by atoms with Gasteiger partial charge in [-0.1, -0.05) is 15.9 Å². The van der Waals surface area contributed by atoms with Crippen molar-refractivity contribution in [3.8, 4) is 0 Å². The number of nitro benzene ring substituents is 1. The van der Waals surface area contributed by atoms with Crippen molar-refractivity contribution >= 4 is 21.6 Å². The van der Waals surface area contributed by atoms with Crippen molar-refractivity contribution in [2.24, 2.45) is 0 Å². The third kappa shape index (κ3) is 2.76. The maximum absolute atomic E-state index is 10.8. The van der Waals surface area contributed by atoms with Gasteiger partial charge in [-0.05, 0) is 25.0 Å². The molecule has 4 nitrogen and oxygen atoms in total. The summed E-state index contributed by atoms with van der Waals surface area (Å²) in [4.78, 5) is 10.5. The summed E-state index contributed by atoms with van der Waals surface area (Å²) in [6.07, 6.45) is 2.37. The molecule has 1 aliphatic carbocycles. The molecule has 0 amide bonds. The smallest absolute Gasteiger partial charge is 0.275 e. The van der Waals surface area contributed by atoms with Gasteiger partial charge in [0.15, 0.2) is 0 Å². The van der Waals surface area contributed by atoms with Gasteiger partial charge in [-0.25, -0.2) is 0 Å². The van der Waals surface area contributed by atoms with Crippen LogP contribution in [0.4, 0.5) is 5.69 Å². The fourth-order valence-electron chi connectivity index (χ4n) is 1.40. The van der Waals surface area contributed by atoms with Crippen molar-refractivity contribution < 1.29 is 4.92 Å². The Morgan fingerprint density at radius 2 is 2.27 bits per heavy atom. The van der Waals surface area contributed by atoms with Crippen LogP contribution in [0.25, 0.3) is 0 Å². The van der Waals surface area contributed by atoms with Gasteiger partial charge in [0.2, 0.25) is 0 Å². The fourth-order valence-corrected chi connectivity index (χ4v) is 1.75. The molecule has 0 radical (unpaired) electrons. The number of nitrogens with one attached hydrogen (secondary N) is 1. The lowest BCUT2D eigenvalue weighted by molar-refractivity contribution is -0.385. The van der Waals surface area contributed by atoms with Crippen LogP contribution in [0, 0.1) is 10.1 Å². The molecule has 2 rings (SSSR count). The van der Waals surface area contributed by atoms with E-state index in [1.165, 1.54) is 12.8 Å². The topological polar surface area (TPSA) is 55.2 Å². The van der Waals surface area contributed by atoms with Gasteiger partial charge in [0.25, 0.3) is 5.69 Å². The fraction of sp³-hybridized carbons (Fsp3) is 0.400. The molecule has 0 heterocycles. The van der Waals surface area contributed by atoms with Gasteiger partial charge in [-0.3, -0.25) is 10.1 Å². The van der Waals surface area contributed by atoms with E-state index in [1.807, 2.05) is 6.07 Å². The van der Waals surface area contributed by atoms with Gasteiger partial charge < -0.3 is 5.32 Å². The largest absolute Gasteiger partial charge is 0.310 e. The van der Waals surface area contributed by atoms with E-state index >= 15 is 0 Å². The molecule has 1 N–H and O–H groups in total. The molecule has 0 unspecified atom stereocenters. The summed E-state index contributed by atoms with van der Waals surface area (Å²) in [7, 11) is 0. The van der Waals surface area contributed by atoms with E-state index in [4.69, 9.17) is 0 Å². The van der Waals surface area contributed by atoms with E-state index in [-0.39, 0.29) is 10.6 Å². The van der Waals surface area contributed by atoms with Crippen LogP contribution in [-0.2, 0) is 6.54 Å². The van der Waals surface area contributed by atoms with E-state index in [2.05, 4.69) is 21.2 Å². The maximum atomic E-state index is 10.8. The lowest BCUT2D eigenvalue weighted by Crippen LogP contribution is -2.16. The molecular weight excluding hydrogens is 260 g/mol. The zero-order valence-electron chi connectivity index (χ0n) is 8.07. The normalized spacial score (nSPS) is 15.3. The van der Waals surface area contributed by atoms with Crippen LogP contribution in [0.2, 0.25) is 0 Å². The highest BCUT2D eigenvalue weighted by molar-refractivity contribution is 9.10. The molecule has 0 bridgehead atoms. The Labute approximate surface area is 96.0 Å². The molecule has 1 fully saturated rings. The molecule has 80 valence electrons. The zero-order chi connectivity index (χ0) is 10.8. The first-order valence-corrected chi connectivity index (χ1v) is 5.62. The van der Waals surface area contributed by atoms with Crippen molar-refractivity contribution in [3.63, 3.8) is 0 Å². The Morgan fingerprint density at radius 3 is 2.87 bits per heavy atom. The molecule has 1 aromatic carbocycles. The molecule has 1 saturated carbocycles. The molecular formula is C10H11BrN2O2. The number of nitro groups is 1. The predicted molar refractivity (Wildman–Crippen MR) is 60.7 cm³/mol.